The number of amides is 1. The van der Waals surface area contributed by atoms with Gasteiger partial charge in [0.2, 0.25) is 0 Å². The van der Waals surface area contributed by atoms with Gasteiger partial charge >= 0.3 is 0 Å². The second-order valence-electron chi connectivity index (χ2n) is 5.79. The highest BCUT2D eigenvalue weighted by molar-refractivity contribution is 6.02. The van der Waals surface area contributed by atoms with Gasteiger partial charge in [0.15, 0.2) is 0 Å². The van der Waals surface area contributed by atoms with Crippen LogP contribution in [0.15, 0.2) is 18.2 Å². The van der Waals surface area contributed by atoms with E-state index < -0.39 is 0 Å². The van der Waals surface area contributed by atoms with Crippen molar-refractivity contribution in [3.05, 3.63) is 23.8 Å². The summed E-state index contributed by atoms with van der Waals surface area (Å²) >= 11 is 0. The summed E-state index contributed by atoms with van der Waals surface area (Å²) in [6.45, 7) is 1.77. The zero-order valence-corrected chi connectivity index (χ0v) is 12.1. The maximum Gasteiger partial charge on any atom is 0.256 e. The van der Waals surface area contributed by atoms with Crippen LogP contribution < -0.4 is 10.6 Å². The minimum Gasteiger partial charge on any atom is -0.382 e. The molecule has 0 radical (unpaired) electrons. The third-order valence-electron chi connectivity index (χ3n) is 4.48. The van der Waals surface area contributed by atoms with Gasteiger partial charge in [-0.1, -0.05) is 25.3 Å². The summed E-state index contributed by atoms with van der Waals surface area (Å²) in [5.41, 5.74) is 2.80. The molecule has 1 saturated carbocycles. The summed E-state index contributed by atoms with van der Waals surface area (Å²) < 4.78 is 0. The van der Waals surface area contributed by atoms with Gasteiger partial charge in [-0.25, -0.2) is 0 Å². The van der Waals surface area contributed by atoms with Gasteiger partial charge in [0, 0.05) is 26.2 Å². The molecule has 1 aliphatic carbocycles. The van der Waals surface area contributed by atoms with Crippen LogP contribution in [-0.4, -0.2) is 37.0 Å². The number of benzene rings is 1. The molecule has 4 nitrogen and oxygen atoms in total. The van der Waals surface area contributed by atoms with E-state index in [0.717, 1.165) is 42.9 Å². The second kappa shape index (κ2) is 5.73. The highest BCUT2D eigenvalue weighted by Crippen LogP contribution is 2.30. The molecular weight excluding hydrogens is 250 g/mol. The van der Waals surface area contributed by atoms with Gasteiger partial charge in [-0.3, -0.25) is 4.79 Å². The minimum atomic E-state index is 0.143. The third kappa shape index (κ3) is 2.47. The van der Waals surface area contributed by atoms with Gasteiger partial charge in [0.05, 0.1) is 16.9 Å². The quantitative estimate of drug-likeness (QED) is 0.871. The lowest BCUT2D eigenvalue weighted by molar-refractivity contribution is 0.0697. The van der Waals surface area contributed by atoms with Crippen LogP contribution in [-0.2, 0) is 0 Å². The number of fused-ring (bicyclic) bond motifs is 1. The topological polar surface area (TPSA) is 44.4 Å². The summed E-state index contributed by atoms with van der Waals surface area (Å²) in [6, 6.07) is 6.32. The molecule has 0 spiro atoms. The van der Waals surface area contributed by atoms with E-state index >= 15 is 0 Å². The normalized spacial score (nSPS) is 18.6. The molecule has 1 amide bonds. The molecular formula is C16H23N3O. The molecule has 0 aromatic heterocycles. The molecule has 1 aliphatic heterocycles. The van der Waals surface area contributed by atoms with Crippen LogP contribution in [0.2, 0.25) is 0 Å². The fourth-order valence-corrected chi connectivity index (χ4v) is 3.28. The van der Waals surface area contributed by atoms with Gasteiger partial charge in [-0.2, -0.15) is 0 Å². The smallest absolute Gasteiger partial charge is 0.256 e. The Bertz CT molecular complexity index is 494. The number of hydrogen-bond donors (Lipinski definition) is 2. The van der Waals surface area contributed by atoms with E-state index in [2.05, 4.69) is 10.6 Å². The average Bonchev–Trinajstić information content (AvgIpc) is 2.54. The van der Waals surface area contributed by atoms with Crippen LogP contribution in [0.25, 0.3) is 0 Å². The Kier molecular flexibility index (Phi) is 3.81. The van der Waals surface area contributed by atoms with Crippen molar-refractivity contribution in [1.82, 2.24) is 4.90 Å². The first kappa shape index (κ1) is 13.3. The van der Waals surface area contributed by atoms with E-state index in [1.54, 1.807) is 0 Å². The molecule has 0 bridgehead atoms. The van der Waals surface area contributed by atoms with Crippen molar-refractivity contribution in [2.75, 3.05) is 30.8 Å². The molecule has 20 heavy (non-hydrogen) atoms. The molecule has 3 rings (SSSR count). The van der Waals surface area contributed by atoms with Crippen molar-refractivity contribution in [2.45, 2.75) is 38.1 Å². The van der Waals surface area contributed by atoms with Gasteiger partial charge in [-0.15, -0.1) is 0 Å². The van der Waals surface area contributed by atoms with Crippen LogP contribution >= 0.6 is 0 Å². The van der Waals surface area contributed by atoms with Gasteiger partial charge < -0.3 is 15.5 Å². The first-order valence-electron chi connectivity index (χ1n) is 7.65. The van der Waals surface area contributed by atoms with Gasteiger partial charge in [0.1, 0.15) is 0 Å². The van der Waals surface area contributed by atoms with Crippen molar-refractivity contribution >= 4 is 17.3 Å². The number of carbonyl (C=O) groups excluding carboxylic acids is 1. The molecule has 0 saturated heterocycles. The molecule has 1 heterocycles. The molecule has 1 aromatic carbocycles. The fraction of sp³-hybridized carbons (Fsp3) is 0.562. The van der Waals surface area contributed by atoms with Gasteiger partial charge in [-0.05, 0) is 25.0 Å². The Morgan fingerprint density at radius 2 is 1.90 bits per heavy atom. The highest BCUT2D eigenvalue weighted by Gasteiger charge is 2.25. The highest BCUT2D eigenvalue weighted by atomic mass is 16.2. The van der Waals surface area contributed by atoms with E-state index in [1.807, 2.05) is 30.1 Å². The first-order chi connectivity index (χ1) is 9.77. The van der Waals surface area contributed by atoms with Crippen molar-refractivity contribution in [1.29, 1.82) is 0 Å². The summed E-state index contributed by atoms with van der Waals surface area (Å²) in [7, 11) is 1.95. The number of para-hydroxylation sites is 1. The zero-order valence-electron chi connectivity index (χ0n) is 12.1. The van der Waals surface area contributed by atoms with E-state index in [9.17, 15) is 4.79 Å². The maximum absolute atomic E-state index is 12.8. The van der Waals surface area contributed by atoms with E-state index in [1.165, 1.54) is 19.3 Å². The Labute approximate surface area is 120 Å². The molecule has 108 valence electrons. The Morgan fingerprint density at radius 3 is 2.70 bits per heavy atom. The molecule has 1 aromatic rings. The number of nitrogens with zero attached hydrogens (tertiary/aromatic N) is 1. The van der Waals surface area contributed by atoms with Crippen molar-refractivity contribution in [3.8, 4) is 0 Å². The monoisotopic (exact) mass is 273 g/mol. The van der Waals surface area contributed by atoms with Crippen LogP contribution in [0.3, 0.4) is 0 Å². The standard InChI is InChI=1S/C16H23N3O/c1-19(12-6-3-2-4-7-12)16(20)13-8-5-9-14-15(13)18-11-10-17-14/h5,8-9,12,17-18H,2-4,6-7,10-11H2,1H3. The fourth-order valence-electron chi connectivity index (χ4n) is 3.28. The Morgan fingerprint density at radius 1 is 1.15 bits per heavy atom. The van der Waals surface area contributed by atoms with E-state index in [-0.39, 0.29) is 5.91 Å². The second-order valence-corrected chi connectivity index (χ2v) is 5.79. The lowest BCUT2D eigenvalue weighted by Crippen LogP contribution is -2.39. The number of carbonyl (C=O) groups is 1. The van der Waals surface area contributed by atoms with Crippen LogP contribution in [0, 0.1) is 0 Å². The van der Waals surface area contributed by atoms with Crippen molar-refractivity contribution in [3.63, 3.8) is 0 Å². The molecule has 4 heteroatoms. The van der Waals surface area contributed by atoms with Crippen molar-refractivity contribution < 1.29 is 4.79 Å². The molecule has 0 atom stereocenters. The zero-order chi connectivity index (χ0) is 13.9. The number of rotatable bonds is 2. The average molecular weight is 273 g/mol. The first-order valence-corrected chi connectivity index (χ1v) is 7.65. The molecule has 2 aliphatic rings. The largest absolute Gasteiger partial charge is 0.382 e. The predicted octanol–water partition coefficient (Wildman–Crippen LogP) is 2.93. The lowest BCUT2D eigenvalue weighted by Gasteiger charge is -2.32. The SMILES string of the molecule is CN(C(=O)c1cccc2c1NCCN2)C1CCCCC1. The molecule has 0 unspecified atom stereocenters. The van der Waals surface area contributed by atoms with E-state index in [0.29, 0.717) is 6.04 Å². The van der Waals surface area contributed by atoms with Crippen molar-refractivity contribution in [2.24, 2.45) is 0 Å². The summed E-state index contributed by atoms with van der Waals surface area (Å²) in [5.74, 6) is 0.143. The minimum absolute atomic E-state index is 0.143. The van der Waals surface area contributed by atoms with Gasteiger partial charge in [0.25, 0.3) is 5.91 Å². The summed E-state index contributed by atoms with van der Waals surface area (Å²) in [6.07, 6.45) is 6.08. The van der Waals surface area contributed by atoms with Crippen LogP contribution in [0.4, 0.5) is 11.4 Å². The van der Waals surface area contributed by atoms with Crippen LogP contribution in [0.1, 0.15) is 42.5 Å². The molecule has 1 fully saturated rings. The number of anilines is 2. The Hall–Kier alpha value is -1.71. The summed E-state index contributed by atoms with van der Waals surface area (Å²) in [5, 5.41) is 6.70. The van der Waals surface area contributed by atoms with Crippen LogP contribution in [0.5, 0.6) is 0 Å². The number of nitrogens with one attached hydrogen (secondary N) is 2. The predicted molar refractivity (Wildman–Crippen MR) is 82.4 cm³/mol. The summed E-state index contributed by atoms with van der Waals surface area (Å²) in [4.78, 5) is 14.7. The maximum atomic E-state index is 12.8. The third-order valence-corrected chi connectivity index (χ3v) is 4.48. The van der Waals surface area contributed by atoms with E-state index in [4.69, 9.17) is 0 Å². The number of hydrogen-bond acceptors (Lipinski definition) is 3. The molecule has 2 N–H and O–H groups in total. The Balaban J connectivity index is 1.83. The lowest BCUT2D eigenvalue weighted by atomic mass is 9.94.